The number of carbonyl (C=O) groups is 2. The number of benzene rings is 1. The third kappa shape index (κ3) is 3.78. The first-order valence-electron chi connectivity index (χ1n) is 6.86. The van der Waals surface area contributed by atoms with Gasteiger partial charge in [0, 0.05) is 13.1 Å². The van der Waals surface area contributed by atoms with E-state index in [0.717, 1.165) is 0 Å². The molecule has 1 fully saturated rings. The summed E-state index contributed by atoms with van der Waals surface area (Å²) in [5, 5.41) is 2.54. The van der Waals surface area contributed by atoms with Crippen LogP contribution in [0.5, 0.6) is 0 Å². The fourth-order valence-electron chi connectivity index (χ4n) is 2.61. The van der Waals surface area contributed by atoms with Gasteiger partial charge in [-0.2, -0.15) is 0 Å². The largest absolute Gasteiger partial charge is 0.469 e. The van der Waals surface area contributed by atoms with E-state index >= 15 is 0 Å². The summed E-state index contributed by atoms with van der Waals surface area (Å²) >= 11 is 0. The molecular formula is C15H19FN2O3. The molecule has 1 aliphatic rings. The van der Waals surface area contributed by atoms with Gasteiger partial charge in [-0.05, 0) is 18.1 Å². The minimum atomic E-state index is -0.465. The van der Waals surface area contributed by atoms with Crippen LogP contribution in [0.3, 0.4) is 0 Å². The zero-order valence-electron chi connectivity index (χ0n) is 12.1. The molecule has 1 heterocycles. The molecule has 21 heavy (non-hydrogen) atoms. The van der Waals surface area contributed by atoms with E-state index in [1.807, 2.05) is 11.8 Å². The highest BCUT2D eigenvalue weighted by Crippen LogP contribution is 2.24. The van der Waals surface area contributed by atoms with Gasteiger partial charge in [-0.3, -0.25) is 14.5 Å². The molecular weight excluding hydrogens is 275 g/mol. The highest BCUT2D eigenvalue weighted by atomic mass is 19.1. The van der Waals surface area contributed by atoms with Gasteiger partial charge in [0.15, 0.2) is 0 Å². The Hall–Kier alpha value is -1.95. The van der Waals surface area contributed by atoms with Crippen molar-refractivity contribution in [1.82, 2.24) is 4.90 Å². The Labute approximate surface area is 123 Å². The summed E-state index contributed by atoms with van der Waals surface area (Å²) in [7, 11) is 1.36. The fraction of sp³-hybridized carbons (Fsp3) is 0.467. The van der Waals surface area contributed by atoms with Crippen molar-refractivity contribution in [3.8, 4) is 0 Å². The molecule has 0 bridgehead atoms. The number of hydrogen-bond acceptors (Lipinski definition) is 4. The number of esters is 1. The number of halogens is 1. The topological polar surface area (TPSA) is 58.6 Å². The summed E-state index contributed by atoms with van der Waals surface area (Å²) in [5.41, 5.74) is 0.166. The van der Waals surface area contributed by atoms with Crippen molar-refractivity contribution in [3.05, 3.63) is 30.1 Å². The van der Waals surface area contributed by atoms with Crippen LogP contribution in [0, 0.1) is 17.7 Å². The zero-order valence-corrected chi connectivity index (χ0v) is 12.1. The monoisotopic (exact) mass is 294 g/mol. The highest BCUT2D eigenvalue weighted by molar-refractivity contribution is 5.92. The zero-order chi connectivity index (χ0) is 15.4. The molecule has 114 valence electrons. The Morgan fingerprint density at radius 3 is 2.76 bits per heavy atom. The van der Waals surface area contributed by atoms with E-state index in [2.05, 4.69) is 5.32 Å². The lowest BCUT2D eigenvalue weighted by Crippen LogP contribution is -2.32. The molecule has 2 rings (SSSR count). The Balaban J connectivity index is 1.90. The normalized spacial score (nSPS) is 22.0. The fourth-order valence-corrected chi connectivity index (χ4v) is 2.61. The molecule has 0 spiro atoms. The second-order valence-electron chi connectivity index (χ2n) is 5.33. The van der Waals surface area contributed by atoms with Gasteiger partial charge in [0.25, 0.3) is 0 Å². The van der Waals surface area contributed by atoms with E-state index in [9.17, 15) is 14.0 Å². The smallest absolute Gasteiger partial charge is 0.310 e. The van der Waals surface area contributed by atoms with Crippen LogP contribution >= 0.6 is 0 Å². The summed E-state index contributed by atoms with van der Waals surface area (Å²) in [6, 6.07) is 6.02. The molecule has 1 aromatic rings. The van der Waals surface area contributed by atoms with Crippen LogP contribution in [0.25, 0.3) is 0 Å². The van der Waals surface area contributed by atoms with Crippen molar-refractivity contribution in [2.75, 3.05) is 32.1 Å². The number of para-hydroxylation sites is 1. The molecule has 1 N–H and O–H groups in total. The molecule has 6 heteroatoms. The van der Waals surface area contributed by atoms with E-state index in [-0.39, 0.29) is 35.9 Å². The molecule has 0 saturated carbocycles. The molecule has 1 aromatic carbocycles. The number of amides is 1. The summed E-state index contributed by atoms with van der Waals surface area (Å²) in [4.78, 5) is 25.4. The summed E-state index contributed by atoms with van der Waals surface area (Å²) < 4.78 is 18.2. The number of nitrogens with zero attached hydrogens (tertiary/aromatic N) is 1. The molecule has 0 radical (unpaired) electrons. The van der Waals surface area contributed by atoms with Crippen LogP contribution in [-0.2, 0) is 14.3 Å². The molecule has 1 amide bonds. The lowest BCUT2D eigenvalue weighted by molar-refractivity contribution is -0.146. The standard InChI is InChI=1S/C15H19FN2O3/c1-10-7-18(8-11(10)15(20)21-2)9-14(19)17-13-6-4-3-5-12(13)16/h3-6,10-11H,7-9H2,1-2H3,(H,17,19). The van der Waals surface area contributed by atoms with Crippen molar-refractivity contribution in [2.45, 2.75) is 6.92 Å². The first-order valence-corrected chi connectivity index (χ1v) is 6.86. The van der Waals surface area contributed by atoms with E-state index in [1.54, 1.807) is 12.1 Å². The third-order valence-corrected chi connectivity index (χ3v) is 3.71. The molecule has 0 aromatic heterocycles. The predicted molar refractivity (Wildman–Crippen MR) is 76.1 cm³/mol. The Kier molecular flexibility index (Phi) is 4.90. The van der Waals surface area contributed by atoms with Crippen molar-refractivity contribution < 1.29 is 18.7 Å². The summed E-state index contributed by atoms with van der Waals surface area (Å²) in [6.45, 7) is 3.21. The van der Waals surface area contributed by atoms with Gasteiger partial charge in [-0.1, -0.05) is 19.1 Å². The quantitative estimate of drug-likeness (QED) is 0.855. The highest BCUT2D eigenvalue weighted by Gasteiger charge is 2.36. The van der Waals surface area contributed by atoms with Gasteiger partial charge in [0.2, 0.25) is 5.91 Å². The maximum absolute atomic E-state index is 13.4. The minimum Gasteiger partial charge on any atom is -0.469 e. The molecule has 0 aliphatic carbocycles. The van der Waals surface area contributed by atoms with E-state index in [1.165, 1.54) is 19.2 Å². The maximum Gasteiger partial charge on any atom is 0.310 e. The van der Waals surface area contributed by atoms with Crippen LogP contribution in [0.15, 0.2) is 24.3 Å². The second-order valence-corrected chi connectivity index (χ2v) is 5.33. The Morgan fingerprint density at radius 2 is 2.10 bits per heavy atom. The summed E-state index contributed by atoms with van der Waals surface area (Å²) in [5.74, 6) is -1.08. The van der Waals surface area contributed by atoms with E-state index in [0.29, 0.717) is 13.1 Å². The van der Waals surface area contributed by atoms with Gasteiger partial charge in [-0.25, -0.2) is 4.39 Å². The van der Waals surface area contributed by atoms with E-state index < -0.39 is 5.82 Å². The number of nitrogens with one attached hydrogen (secondary N) is 1. The SMILES string of the molecule is COC(=O)C1CN(CC(=O)Nc2ccccc2F)CC1C. The number of ether oxygens (including phenoxy) is 1. The van der Waals surface area contributed by atoms with Crippen LogP contribution in [-0.4, -0.2) is 43.5 Å². The van der Waals surface area contributed by atoms with Gasteiger partial charge in [-0.15, -0.1) is 0 Å². The third-order valence-electron chi connectivity index (χ3n) is 3.71. The number of methoxy groups -OCH3 is 1. The van der Waals surface area contributed by atoms with Gasteiger partial charge >= 0.3 is 5.97 Å². The number of rotatable bonds is 4. The maximum atomic E-state index is 13.4. The van der Waals surface area contributed by atoms with Crippen LogP contribution in [0.1, 0.15) is 6.92 Å². The molecule has 2 atom stereocenters. The second kappa shape index (κ2) is 6.67. The Morgan fingerprint density at radius 1 is 1.38 bits per heavy atom. The number of likely N-dealkylation sites (tertiary alicyclic amines) is 1. The lowest BCUT2D eigenvalue weighted by Gasteiger charge is -2.15. The predicted octanol–water partition coefficient (Wildman–Crippen LogP) is 1.51. The molecule has 5 nitrogen and oxygen atoms in total. The number of anilines is 1. The van der Waals surface area contributed by atoms with Crippen molar-refractivity contribution in [1.29, 1.82) is 0 Å². The average molecular weight is 294 g/mol. The molecule has 1 saturated heterocycles. The van der Waals surface area contributed by atoms with Crippen LogP contribution < -0.4 is 5.32 Å². The number of carbonyl (C=O) groups excluding carboxylic acids is 2. The van der Waals surface area contributed by atoms with E-state index in [4.69, 9.17) is 4.74 Å². The van der Waals surface area contributed by atoms with Crippen molar-refractivity contribution in [2.24, 2.45) is 11.8 Å². The van der Waals surface area contributed by atoms with Gasteiger partial charge in [0.1, 0.15) is 5.82 Å². The lowest BCUT2D eigenvalue weighted by atomic mass is 9.99. The Bertz CT molecular complexity index is 535. The van der Waals surface area contributed by atoms with Crippen LogP contribution in [0.4, 0.5) is 10.1 Å². The van der Waals surface area contributed by atoms with Gasteiger partial charge < -0.3 is 10.1 Å². The first-order chi connectivity index (χ1) is 10.0. The summed E-state index contributed by atoms with van der Waals surface area (Å²) in [6.07, 6.45) is 0. The molecule has 2 unspecified atom stereocenters. The van der Waals surface area contributed by atoms with Crippen molar-refractivity contribution >= 4 is 17.6 Å². The van der Waals surface area contributed by atoms with Crippen molar-refractivity contribution in [3.63, 3.8) is 0 Å². The van der Waals surface area contributed by atoms with Gasteiger partial charge in [0.05, 0.1) is 25.3 Å². The minimum absolute atomic E-state index is 0.131. The first kappa shape index (κ1) is 15.4. The average Bonchev–Trinajstić information content (AvgIpc) is 2.81. The van der Waals surface area contributed by atoms with Crippen LogP contribution in [0.2, 0.25) is 0 Å². The number of hydrogen-bond donors (Lipinski definition) is 1. The molecule has 1 aliphatic heterocycles.